The molecule has 0 bridgehead atoms. The van der Waals surface area contributed by atoms with Crippen molar-refractivity contribution in [2.45, 2.75) is 16.8 Å². The maximum absolute atomic E-state index is 13.3. The van der Waals surface area contributed by atoms with Gasteiger partial charge in [-0.3, -0.25) is 0 Å². The van der Waals surface area contributed by atoms with Crippen molar-refractivity contribution in [1.82, 2.24) is 19.8 Å². The lowest BCUT2D eigenvalue weighted by Crippen LogP contribution is -2.05. The quantitative estimate of drug-likeness (QED) is 0.385. The molecule has 0 unspecified atom stereocenters. The highest BCUT2D eigenvalue weighted by molar-refractivity contribution is 7.91. The van der Waals surface area contributed by atoms with E-state index in [1.807, 2.05) is 31.2 Å². The predicted octanol–water partition coefficient (Wildman–Crippen LogP) is 4.82. The molecule has 0 aliphatic rings. The number of sulfone groups is 1. The van der Waals surface area contributed by atoms with Crippen LogP contribution in [0, 0.1) is 6.92 Å². The fourth-order valence-electron chi connectivity index (χ4n) is 3.52. The number of benzene rings is 3. The van der Waals surface area contributed by atoms with Crippen molar-refractivity contribution in [3.8, 4) is 5.75 Å². The minimum absolute atomic E-state index is 0.122. The Labute approximate surface area is 194 Å². The maximum Gasteiger partial charge on any atom is 0.229 e. The Morgan fingerprint density at radius 2 is 1.79 bits per heavy atom. The topological polar surface area (TPSA) is 98.5 Å². The van der Waals surface area contributed by atoms with Gasteiger partial charge in [0.1, 0.15) is 11.6 Å². The monoisotopic (exact) mass is 479 g/mol. The number of halogens is 1. The molecule has 0 saturated heterocycles. The summed E-state index contributed by atoms with van der Waals surface area (Å²) in [6.45, 7) is 1.89. The van der Waals surface area contributed by atoms with Gasteiger partial charge in [-0.1, -0.05) is 46.6 Å². The van der Waals surface area contributed by atoms with Crippen LogP contribution in [0.2, 0.25) is 5.02 Å². The van der Waals surface area contributed by atoms with Gasteiger partial charge in [-0.25, -0.2) is 13.4 Å². The van der Waals surface area contributed by atoms with Crippen LogP contribution in [0.1, 0.15) is 5.56 Å². The minimum atomic E-state index is -3.94. The molecule has 0 spiro atoms. The van der Waals surface area contributed by atoms with Crippen molar-refractivity contribution >= 4 is 49.5 Å². The van der Waals surface area contributed by atoms with E-state index in [0.717, 1.165) is 10.9 Å². The third kappa shape index (κ3) is 3.65. The molecule has 10 heteroatoms. The van der Waals surface area contributed by atoms with Crippen LogP contribution in [-0.2, 0) is 9.84 Å². The number of rotatable bonds is 5. The number of aromatic nitrogens is 4. The van der Waals surface area contributed by atoms with Crippen molar-refractivity contribution < 1.29 is 13.2 Å². The van der Waals surface area contributed by atoms with Gasteiger partial charge in [-0.05, 0) is 49.4 Å². The molecule has 5 rings (SSSR count). The first-order chi connectivity index (χ1) is 15.9. The average molecular weight is 480 g/mol. The molecule has 8 nitrogen and oxygen atoms in total. The summed E-state index contributed by atoms with van der Waals surface area (Å²) in [5.74, 6) is 0.990. The molecule has 166 valence electrons. The Morgan fingerprint density at radius 1 is 1.03 bits per heavy atom. The van der Waals surface area contributed by atoms with Gasteiger partial charge in [0, 0.05) is 11.1 Å². The van der Waals surface area contributed by atoms with E-state index in [1.54, 1.807) is 49.6 Å². The van der Waals surface area contributed by atoms with E-state index < -0.39 is 9.84 Å². The number of hydrogen-bond acceptors (Lipinski definition) is 7. The Balaban J connectivity index is 1.70. The van der Waals surface area contributed by atoms with E-state index in [0.29, 0.717) is 27.8 Å². The Morgan fingerprint density at radius 3 is 2.52 bits per heavy atom. The summed E-state index contributed by atoms with van der Waals surface area (Å²) in [7, 11) is -2.39. The van der Waals surface area contributed by atoms with Gasteiger partial charge in [-0.2, -0.15) is 4.52 Å². The first-order valence-electron chi connectivity index (χ1n) is 9.95. The molecular formula is C23H18ClN5O3S. The summed E-state index contributed by atoms with van der Waals surface area (Å²) < 4.78 is 33.3. The highest BCUT2D eigenvalue weighted by Gasteiger charge is 2.27. The highest BCUT2D eigenvalue weighted by Crippen LogP contribution is 2.32. The average Bonchev–Trinajstić information content (AvgIpc) is 3.25. The Bertz CT molecular complexity index is 1620. The van der Waals surface area contributed by atoms with Crippen LogP contribution in [0.15, 0.2) is 76.7 Å². The van der Waals surface area contributed by atoms with Crippen molar-refractivity contribution in [2.75, 3.05) is 12.4 Å². The molecule has 0 radical (unpaired) electrons. The lowest BCUT2D eigenvalue weighted by atomic mass is 10.2. The van der Waals surface area contributed by atoms with Crippen molar-refractivity contribution in [3.63, 3.8) is 0 Å². The molecule has 0 saturated carbocycles. The van der Waals surface area contributed by atoms with Crippen molar-refractivity contribution in [1.29, 1.82) is 0 Å². The lowest BCUT2D eigenvalue weighted by molar-refractivity contribution is 0.415. The summed E-state index contributed by atoms with van der Waals surface area (Å²) in [6, 6.07) is 19.2. The molecular weight excluding hydrogens is 462 g/mol. The number of aryl methyl sites for hydroxylation is 1. The summed E-state index contributed by atoms with van der Waals surface area (Å²) in [5, 5.41) is 12.3. The molecule has 0 aliphatic carbocycles. The maximum atomic E-state index is 13.3. The zero-order valence-electron chi connectivity index (χ0n) is 17.7. The summed E-state index contributed by atoms with van der Waals surface area (Å²) in [4.78, 5) is 4.74. The van der Waals surface area contributed by atoms with Crippen LogP contribution < -0.4 is 10.1 Å². The van der Waals surface area contributed by atoms with Crippen molar-refractivity contribution in [3.05, 3.63) is 77.3 Å². The molecule has 2 heterocycles. The first-order valence-corrected chi connectivity index (χ1v) is 11.8. The summed E-state index contributed by atoms with van der Waals surface area (Å²) >= 11 is 6.27. The molecule has 0 fully saturated rings. The number of hydrogen-bond donors (Lipinski definition) is 1. The lowest BCUT2D eigenvalue weighted by Gasteiger charge is -2.12. The Hall–Kier alpha value is -3.69. The van der Waals surface area contributed by atoms with E-state index >= 15 is 0 Å². The standard InChI is InChI=1S/C23H18ClN5O3S/c1-14-7-10-16(11-8-14)33(30,31)23-22-26-21(25-15-9-12-20(32-2)18(24)13-15)17-5-3-4-6-19(17)29(22)28-27-23/h3-13H,1-2H3,(H,25,26). The summed E-state index contributed by atoms with van der Waals surface area (Å²) in [5.41, 5.74) is 2.40. The molecule has 5 aromatic rings. The SMILES string of the molecule is COc1ccc(Nc2nc3c(S(=O)(=O)c4ccc(C)cc4)nnn3c3ccccc23)cc1Cl. The number of methoxy groups -OCH3 is 1. The van der Waals surface area contributed by atoms with Crippen LogP contribution in [0.5, 0.6) is 5.75 Å². The van der Waals surface area contributed by atoms with Gasteiger partial charge in [0.2, 0.25) is 14.9 Å². The fraction of sp³-hybridized carbons (Fsp3) is 0.0870. The zero-order chi connectivity index (χ0) is 23.2. The molecule has 0 atom stereocenters. The molecule has 0 aliphatic heterocycles. The molecule has 0 amide bonds. The van der Waals surface area contributed by atoms with E-state index in [9.17, 15) is 8.42 Å². The molecule has 3 aromatic carbocycles. The van der Waals surface area contributed by atoms with Gasteiger partial charge < -0.3 is 10.1 Å². The van der Waals surface area contributed by atoms with Gasteiger partial charge in [-0.15, -0.1) is 5.10 Å². The van der Waals surface area contributed by atoms with Crippen LogP contribution in [-0.4, -0.2) is 35.3 Å². The first kappa shape index (κ1) is 21.2. The summed E-state index contributed by atoms with van der Waals surface area (Å²) in [6.07, 6.45) is 0. The molecule has 2 aromatic heterocycles. The fourth-order valence-corrected chi connectivity index (χ4v) is 5.02. The number of nitrogens with one attached hydrogen (secondary N) is 1. The Kier molecular flexibility index (Phi) is 5.15. The normalized spacial score (nSPS) is 11.7. The smallest absolute Gasteiger partial charge is 0.229 e. The van der Waals surface area contributed by atoms with Gasteiger partial charge in [0.05, 0.1) is 22.5 Å². The molecule has 33 heavy (non-hydrogen) atoms. The number of nitrogens with zero attached hydrogens (tertiary/aromatic N) is 4. The van der Waals surface area contributed by atoms with E-state index in [1.165, 1.54) is 4.52 Å². The third-order valence-corrected chi connectivity index (χ3v) is 7.18. The molecule has 1 N–H and O–H groups in total. The van der Waals surface area contributed by atoms with Crippen LogP contribution in [0.4, 0.5) is 11.5 Å². The second-order valence-corrected chi connectivity index (χ2v) is 9.67. The highest BCUT2D eigenvalue weighted by atomic mass is 35.5. The van der Waals surface area contributed by atoms with Gasteiger partial charge >= 0.3 is 0 Å². The predicted molar refractivity (Wildman–Crippen MR) is 126 cm³/mol. The van der Waals surface area contributed by atoms with Gasteiger partial charge in [0.15, 0.2) is 5.65 Å². The second-order valence-electron chi connectivity index (χ2n) is 7.40. The number of fused-ring (bicyclic) bond motifs is 3. The second kappa shape index (κ2) is 8.02. The third-order valence-electron chi connectivity index (χ3n) is 5.22. The van der Waals surface area contributed by atoms with E-state index in [2.05, 4.69) is 20.6 Å². The van der Waals surface area contributed by atoms with Crippen LogP contribution >= 0.6 is 11.6 Å². The van der Waals surface area contributed by atoms with E-state index in [4.69, 9.17) is 16.3 Å². The largest absolute Gasteiger partial charge is 0.495 e. The van der Waals surface area contributed by atoms with E-state index in [-0.39, 0.29) is 15.6 Å². The van der Waals surface area contributed by atoms with Gasteiger partial charge in [0.25, 0.3) is 0 Å². The minimum Gasteiger partial charge on any atom is -0.495 e. The number of ether oxygens (including phenoxy) is 1. The van der Waals surface area contributed by atoms with Crippen LogP contribution in [0.25, 0.3) is 16.6 Å². The van der Waals surface area contributed by atoms with Crippen molar-refractivity contribution in [2.24, 2.45) is 0 Å². The number of anilines is 2. The van der Waals surface area contributed by atoms with Crippen LogP contribution in [0.3, 0.4) is 0 Å². The number of para-hydroxylation sites is 1. The zero-order valence-corrected chi connectivity index (χ0v) is 19.2.